The smallest absolute Gasteiger partial charge is 0.462 e. The molecule has 0 saturated carbocycles. The number of carbonyl (C=O) groups is 1. The molecule has 1 aliphatic carbocycles. The lowest BCUT2D eigenvalue weighted by Crippen LogP contribution is -2.76. The van der Waals surface area contributed by atoms with Gasteiger partial charge in [-0.25, -0.2) is 26.6 Å². The number of rotatable bonds is 10. The SMILES string of the molecule is CCNc1cc2oc3cc(=[NH+]CC)c(C)cc-3c(-c3ccccc3C(=O)OCC)c2cc1C.O=S(=O)([N-]S(=O)(=O)C(F)(F)C(F)(F)F)C(F)(F)C(F)(F)F. The van der Waals surface area contributed by atoms with E-state index in [2.05, 4.69) is 62.3 Å². The third-order valence-corrected chi connectivity index (χ3v) is 10.7. The zero-order chi connectivity index (χ0) is 41.2. The molecule has 0 amide bonds. The van der Waals surface area contributed by atoms with Gasteiger partial charge in [0.15, 0.2) is 20.0 Å². The molecule has 0 saturated heterocycles. The third-order valence-electron chi connectivity index (χ3n) is 7.34. The van der Waals surface area contributed by atoms with E-state index in [0.29, 0.717) is 16.3 Å². The first-order chi connectivity index (χ1) is 24.7. The lowest BCUT2D eigenvalue weighted by atomic mass is 9.89. The number of hydrogen-bond donors (Lipinski definition) is 2. The van der Waals surface area contributed by atoms with Crippen molar-refractivity contribution in [3.05, 3.63) is 74.7 Å². The highest BCUT2D eigenvalue weighted by atomic mass is 32.3. The number of ether oxygens (including phenoxy) is 1. The average Bonchev–Trinajstić information content (AvgIpc) is 3.04. The minimum Gasteiger partial charge on any atom is -0.462 e. The summed E-state index contributed by atoms with van der Waals surface area (Å²) in [6.45, 7) is 12.1. The van der Waals surface area contributed by atoms with E-state index in [-0.39, 0.29) is 5.97 Å². The van der Waals surface area contributed by atoms with Crippen LogP contribution >= 0.6 is 0 Å². The first-order valence-corrected chi connectivity index (χ1v) is 18.3. The summed E-state index contributed by atoms with van der Waals surface area (Å²) in [5.41, 5.74) is 7.38. The van der Waals surface area contributed by atoms with Gasteiger partial charge in [0.1, 0.15) is 17.9 Å². The van der Waals surface area contributed by atoms with Crippen molar-refractivity contribution < 1.29 is 79.7 Å². The number of nitrogens with one attached hydrogen (secondary N) is 2. The average molecular weight is 824 g/mol. The summed E-state index contributed by atoms with van der Waals surface area (Å²) in [5.74, 6) is 0.446. The van der Waals surface area contributed by atoms with Gasteiger partial charge in [-0.1, -0.05) is 18.2 Å². The quantitative estimate of drug-likeness (QED) is 0.101. The number of esters is 1. The van der Waals surface area contributed by atoms with Crippen LogP contribution in [0.3, 0.4) is 0 Å². The Balaban J connectivity index is 0.000000325. The van der Waals surface area contributed by atoms with E-state index in [1.165, 1.54) is 0 Å². The van der Waals surface area contributed by atoms with E-state index in [0.717, 1.165) is 68.7 Å². The Hall–Kier alpha value is -4.44. The molecule has 0 radical (unpaired) electrons. The van der Waals surface area contributed by atoms with Crippen LogP contribution in [0.5, 0.6) is 0 Å². The Morgan fingerprint density at radius 3 is 1.85 bits per heavy atom. The fourth-order valence-electron chi connectivity index (χ4n) is 4.85. The van der Waals surface area contributed by atoms with E-state index in [4.69, 9.17) is 9.15 Å². The number of halogens is 10. The summed E-state index contributed by atoms with van der Waals surface area (Å²) >= 11 is 0. The maximum atomic E-state index is 12.9. The minimum atomic E-state index is -7.62. The zero-order valence-electron chi connectivity index (χ0n) is 28.6. The molecule has 1 aliphatic heterocycles. The van der Waals surface area contributed by atoms with Crippen molar-refractivity contribution in [1.29, 1.82) is 0 Å². The Morgan fingerprint density at radius 1 is 0.796 bits per heavy atom. The van der Waals surface area contributed by atoms with E-state index in [1.807, 2.05) is 31.2 Å². The molecule has 54 heavy (non-hydrogen) atoms. The van der Waals surface area contributed by atoms with Gasteiger partial charge in [-0.15, -0.1) is 0 Å². The molecule has 0 fully saturated rings. The molecule has 0 spiro atoms. The molecular formula is C32H31F10N3O7S2. The molecule has 22 heteroatoms. The molecule has 4 rings (SSSR count). The summed E-state index contributed by atoms with van der Waals surface area (Å²) in [6, 6.07) is 16.0. The van der Waals surface area contributed by atoms with Gasteiger partial charge in [0.25, 0.3) is 0 Å². The molecule has 2 aliphatic rings. The van der Waals surface area contributed by atoms with Crippen LogP contribution in [-0.2, 0) is 24.8 Å². The van der Waals surface area contributed by atoms with Crippen LogP contribution in [-0.4, -0.2) is 65.4 Å². The predicted molar refractivity (Wildman–Crippen MR) is 176 cm³/mol. The number of nitrogens with zero attached hydrogens (tertiary/aromatic N) is 1. The van der Waals surface area contributed by atoms with Crippen LogP contribution in [0, 0.1) is 13.8 Å². The van der Waals surface area contributed by atoms with Gasteiger partial charge in [0, 0.05) is 40.4 Å². The standard InChI is InChI=1S/C28H30N2O3.C4F10NO4S2/c1-6-29-23-15-25-21(13-17(23)4)27(19-11-9-10-12-20(19)28(31)32-8-3)22-14-18(5)24(30-7-2)16-26(22)33-25;5-1(6,7)3(11,12)20(16,17)15-21(18,19)4(13,14)2(8,9)10/h9-16,29H,6-8H2,1-5H3;/q;-1/p+1. The molecular weight excluding hydrogens is 792 g/mol. The van der Waals surface area contributed by atoms with Crippen molar-refractivity contribution in [2.75, 3.05) is 25.0 Å². The van der Waals surface area contributed by atoms with E-state index in [9.17, 15) is 65.5 Å². The van der Waals surface area contributed by atoms with Crippen LogP contribution in [0.4, 0.5) is 49.6 Å². The molecule has 0 aromatic heterocycles. The predicted octanol–water partition coefficient (Wildman–Crippen LogP) is 6.76. The van der Waals surface area contributed by atoms with Crippen molar-refractivity contribution in [2.24, 2.45) is 0 Å². The monoisotopic (exact) mass is 823 g/mol. The largest absolute Gasteiger partial charge is 0.467 e. The Bertz CT molecular complexity index is 2230. The van der Waals surface area contributed by atoms with Crippen molar-refractivity contribution in [3.63, 3.8) is 0 Å². The Labute approximate surface area is 301 Å². The van der Waals surface area contributed by atoms with E-state index in [1.54, 1.807) is 0 Å². The van der Waals surface area contributed by atoms with Crippen molar-refractivity contribution in [2.45, 2.75) is 57.5 Å². The maximum Gasteiger partial charge on any atom is 0.467 e. The molecule has 0 bridgehead atoms. The molecule has 10 nitrogen and oxygen atoms in total. The number of carbonyl (C=O) groups excluding carboxylic acids is 1. The van der Waals surface area contributed by atoms with Gasteiger partial charge in [-0.2, -0.15) is 43.9 Å². The number of aryl methyl sites for hydroxylation is 2. The highest BCUT2D eigenvalue weighted by Crippen LogP contribution is 2.48. The highest BCUT2D eigenvalue weighted by molar-refractivity contribution is 8.13. The molecule has 2 aromatic carbocycles. The fourth-order valence-corrected chi connectivity index (χ4v) is 7.22. The van der Waals surface area contributed by atoms with E-state index >= 15 is 0 Å². The van der Waals surface area contributed by atoms with Crippen molar-refractivity contribution in [1.82, 2.24) is 0 Å². The number of sulfonamides is 2. The summed E-state index contributed by atoms with van der Waals surface area (Å²) in [7, 11) is -15.2. The van der Waals surface area contributed by atoms with Gasteiger partial charge >= 0.3 is 28.8 Å². The van der Waals surface area contributed by atoms with Crippen LogP contribution in [0.25, 0.3) is 37.5 Å². The maximum absolute atomic E-state index is 12.9. The zero-order valence-corrected chi connectivity index (χ0v) is 30.3. The second-order valence-electron chi connectivity index (χ2n) is 11.2. The molecule has 298 valence electrons. The summed E-state index contributed by atoms with van der Waals surface area (Å²) in [5, 5.41) is -8.56. The second kappa shape index (κ2) is 15.7. The van der Waals surface area contributed by atoms with Crippen LogP contribution in [0.1, 0.15) is 42.3 Å². The van der Waals surface area contributed by atoms with Gasteiger partial charge in [-0.05, 0) is 63.9 Å². The van der Waals surface area contributed by atoms with Gasteiger partial charge in [0.2, 0.25) is 5.36 Å². The van der Waals surface area contributed by atoms with Crippen molar-refractivity contribution in [3.8, 4) is 22.5 Å². The Kier molecular flexibility index (Phi) is 12.8. The number of anilines is 1. The molecule has 0 unspecified atom stereocenters. The van der Waals surface area contributed by atoms with Crippen LogP contribution in [0.15, 0.2) is 52.9 Å². The number of benzene rings is 3. The Morgan fingerprint density at radius 2 is 1.35 bits per heavy atom. The number of alkyl halides is 10. The normalized spacial score (nSPS) is 13.5. The van der Waals surface area contributed by atoms with Crippen molar-refractivity contribution >= 4 is 42.7 Å². The van der Waals surface area contributed by atoms with Gasteiger partial charge < -0.3 is 18.6 Å². The molecule has 1 heterocycles. The number of hydrogen-bond acceptors (Lipinski definition) is 8. The first kappa shape index (κ1) is 44.0. The number of fused-ring (bicyclic) bond motifs is 2. The summed E-state index contributed by atoms with van der Waals surface area (Å²) in [6.07, 6.45) is -14.0. The van der Waals surface area contributed by atoms with Gasteiger partial charge in [0.05, 0.1) is 18.2 Å². The molecule has 2 N–H and O–H groups in total. The third kappa shape index (κ3) is 8.59. The van der Waals surface area contributed by atoms with E-state index < -0.39 is 42.9 Å². The lowest BCUT2D eigenvalue weighted by molar-refractivity contribution is -0.496. The summed E-state index contributed by atoms with van der Waals surface area (Å²) in [4.78, 5) is 16.3. The van der Waals surface area contributed by atoms with Crippen LogP contribution in [0.2, 0.25) is 0 Å². The second-order valence-corrected chi connectivity index (χ2v) is 14.7. The fraction of sp³-hybridized carbons (Fsp3) is 0.375. The molecule has 2 aromatic rings. The topological polar surface area (TPSA) is 148 Å². The van der Waals surface area contributed by atoms with Crippen LogP contribution < -0.4 is 15.7 Å². The minimum absolute atomic E-state index is 0.322. The molecule has 0 atom stereocenters. The lowest BCUT2D eigenvalue weighted by Gasteiger charge is -2.31. The van der Waals surface area contributed by atoms with Gasteiger partial charge in [-0.3, -0.25) is 0 Å². The first-order valence-electron chi connectivity index (χ1n) is 15.4. The highest BCUT2D eigenvalue weighted by Gasteiger charge is 2.68. The summed E-state index contributed by atoms with van der Waals surface area (Å²) < 4.78 is 173.